The molecule has 0 bridgehead atoms. The second-order valence-corrected chi connectivity index (χ2v) is 6.66. The summed E-state index contributed by atoms with van der Waals surface area (Å²) >= 11 is 0. The van der Waals surface area contributed by atoms with Crippen molar-refractivity contribution < 1.29 is 9.21 Å². The number of rotatable bonds is 5. The van der Waals surface area contributed by atoms with Crippen LogP contribution in [-0.2, 0) is 11.3 Å². The predicted octanol–water partition coefficient (Wildman–Crippen LogP) is 3.16. The molecule has 1 aromatic heterocycles. The van der Waals surface area contributed by atoms with Crippen molar-refractivity contribution in [3.05, 3.63) is 65.3 Å². The Morgan fingerprint density at radius 3 is 2.61 bits per heavy atom. The first-order chi connectivity index (χ1) is 13.1. The van der Waals surface area contributed by atoms with Gasteiger partial charge in [0.1, 0.15) is 17.4 Å². The van der Waals surface area contributed by atoms with E-state index in [0.717, 1.165) is 26.2 Å². The van der Waals surface area contributed by atoms with Crippen LogP contribution in [0.3, 0.4) is 0 Å². The van der Waals surface area contributed by atoms with Gasteiger partial charge in [0.25, 0.3) is 5.91 Å². The topological polar surface area (TPSA) is 72.5 Å². The van der Waals surface area contributed by atoms with Gasteiger partial charge < -0.3 is 19.5 Å². The molecule has 7 heteroatoms. The molecule has 1 aliphatic heterocycles. The molecule has 0 unspecified atom stereocenters. The van der Waals surface area contributed by atoms with Crippen LogP contribution in [-0.4, -0.2) is 37.0 Å². The van der Waals surface area contributed by atoms with Crippen molar-refractivity contribution in [2.45, 2.75) is 20.4 Å². The third kappa shape index (κ3) is 5.08. The first-order valence-electron chi connectivity index (χ1n) is 9.06. The number of hydrogen-bond acceptors (Lipinski definition) is 5. The van der Waals surface area contributed by atoms with Crippen LogP contribution >= 0.6 is 12.4 Å². The number of carbonyl (C=O) groups is 1. The number of nitriles is 1. The maximum absolute atomic E-state index is 12.2. The smallest absolute Gasteiger partial charge is 0.263 e. The van der Waals surface area contributed by atoms with Crippen LogP contribution in [0.1, 0.15) is 16.9 Å². The molecule has 0 spiro atoms. The second kappa shape index (κ2) is 9.86. The van der Waals surface area contributed by atoms with Gasteiger partial charge in [-0.1, -0.05) is 12.1 Å². The zero-order valence-electron chi connectivity index (χ0n) is 16.1. The molecule has 0 radical (unpaired) electrons. The quantitative estimate of drug-likeness (QED) is 0.616. The fourth-order valence-electron chi connectivity index (χ4n) is 3.17. The van der Waals surface area contributed by atoms with Gasteiger partial charge in [0, 0.05) is 38.1 Å². The third-order valence-corrected chi connectivity index (χ3v) is 4.91. The van der Waals surface area contributed by atoms with Crippen LogP contribution in [0.2, 0.25) is 0 Å². The van der Waals surface area contributed by atoms with E-state index in [4.69, 9.17) is 4.42 Å². The Bertz CT molecular complexity index is 863. The van der Waals surface area contributed by atoms with Crippen molar-refractivity contribution in [3.63, 3.8) is 0 Å². The number of furan rings is 1. The summed E-state index contributed by atoms with van der Waals surface area (Å²) in [5.74, 6) is 0.272. The van der Waals surface area contributed by atoms with Crippen LogP contribution in [0, 0.1) is 25.2 Å². The van der Waals surface area contributed by atoms with E-state index < -0.39 is 0 Å². The lowest BCUT2D eigenvalue weighted by Crippen LogP contribution is -2.44. The molecule has 0 aliphatic carbocycles. The Morgan fingerprint density at radius 2 is 1.96 bits per heavy atom. The van der Waals surface area contributed by atoms with E-state index in [2.05, 4.69) is 42.3 Å². The van der Waals surface area contributed by atoms with E-state index in [0.29, 0.717) is 5.76 Å². The first kappa shape index (κ1) is 21.4. The number of piperazine rings is 1. The molecular weight excluding hydrogens is 376 g/mol. The number of hydrogen-bond donors (Lipinski definition) is 1. The standard InChI is InChI=1S/C21H24N4O2.ClH/c1-16-5-3-7-20(17(16)2)25-10-8-24(9-11-25)15-18(13-22)21(26)23-14-19-6-4-12-27-19;/h3-7,12,15H,8-11,14H2,1-2H3,(H,23,26);1H/b18-15-;. The van der Waals surface area contributed by atoms with Gasteiger partial charge in [-0.25, -0.2) is 0 Å². The van der Waals surface area contributed by atoms with Crippen molar-refractivity contribution in [2.75, 3.05) is 31.1 Å². The Labute approximate surface area is 171 Å². The lowest BCUT2D eigenvalue weighted by atomic mass is 10.1. The SMILES string of the molecule is Cc1cccc(N2CCN(/C=C(/C#N)C(=O)NCc3ccco3)CC2)c1C.Cl. The molecule has 28 heavy (non-hydrogen) atoms. The molecule has 1 aromatic carbocycles. The lowest BCUT2D eigenvalue weighted by molar-refractivity contribution is -0.117. The van der Waals surface area contributed by atoms with Crippen LogP contribution in [0.4, 0.5) is 5.69 Å². The van der Waals surface area contributed by atoms with E-state index in [1.807, 2.05) is 11.0 Å². The zero-order valence-corrected chi connectivity index (χ0v) is 17.0. The van der Waals surface area contributed by atoms with Gasteiger partial charge in [0.15, 0.2) is 0 Å². The Morgan fingerprint density at radius 1 is 1.21 bits per heavy atom. The molecule has 1 aliphatic rings. The van der Waals surface area contributed by atoms with Crippen molar-refractivity contribution in [2.24, 2.45) is 0 Å². The van der Waals surface area contributed by atoms with Gasteiger partial charge in [0.05, 0.1) is 12.8 Å². The summed E-state index contributed by atoms with van der Waals surface area (Å²) < 4.78 is 5.19. The highest BCUT2D eigenvalue weighted by molar-refractivity contribution is 5.97. The summed E-state index contributed by atoms with van der Waals surface area (Å²) in [5, 5.41) is 12.1. The normalized spacial score (nSPS) is 14.2. The second-order valence-electron chi connectivity index (χ2n) is 6.66. The number of amides is 1. The maximum Gasteiger partial charge on any atom is 0.263 e. The van der Waals surface area contributed by atoms with E-state index in [1.165, 1.54) is 16.8 Å². The molecule has 1 saturated heterocycles. The summed E-state index contributed by atoms with van der Waals surface area (Å²) in [6, 6.07) is 11.9. The molecule has 1 N–H and O–H groups in total. The highest BCUT2D eigenvalue weighted by Crippen LogP contribution is 2.24. The van der Waals surface area contributed by atoms with Crippen LogP contribution in [0.5, 0.6) is 0 Å². The number of halogens is 1. The monoisotopic (exact) mass is 400 g/mol. The van der Waals surface area contributed by atoms with E-state index in [1.54, 1.807) is 24.6 Å². The van der Waals surface area contributed by atoms with Gasteiger partial charge in [-0.05, 0) is 43.2 Å². The fourth-order valence-corrected chi connectivity index (χ4v) is 3.17. The van der Waals surface area contributed by atoms with E-state index >= 15 is 0 Å². The summed E-state index contributed by atoms with van der Waals surface area (Å²) in [4.78, 5) is 16.6. The number of nitrogens with one attached hydrogen (secondary N) is 1. The van der Waals surface area contributed by atoms with Gasteiger partial charge in [-0.3, -0.25) is 4.79 Å². The molecule has 6 nitrogen and oxygen atoms in total. The predicted molar refractivity (Wildman–Crippen MR) is 111 cm³/mol. The molecule has 0 saturated carbocycles. The average Bonchev–Trinajstić information content (AvgIpc) is 3.20. The largest absolute Gasteiger partial charge is 0.467 e. The summed E-state index contributed by atoms with van der Waals surface area (Å²) in [7, 11) is 0. The Balaban J connectivity index is 0.00000280. The Kier molecular flexibility index (Phi) is 7.53. The minimum absolute atomic E-state index is 0. The number of aryl methyl sites for hydroxylation is 1. The number of anilines is 1. The van der Waals surface area contributed by atoms with E-state index in [-0.39, 0.29) is 30.4 Å². The highest BCUT2D eigenvalue weighted by atomic mass is 35.5. The Hall–Kier alpha value is -2.91. The summed E-state index contributed by atoms with van der Waals surface area (Å²) in [6.07, 6.45) is 3.22. The number of benzene rings is 1. The minimum Gasteiger partial charge on any atom is -0.467 e. The maximum atomic E-state index is 12.2. The van der Waals surface area contributed by atoms with Gasteiger partial charge >= 0.3 is 0 Å². The van der Waals surface area contributed by atoms with E-state index in [9.17, 15) is 10.1 Å². The van der Waals surface area contributed by atoms with Crippen molar-refractivity contribution in [1.29, 1.82) is 5.26 Å². The minimum atomic E-state index is -0.383. The van der Waals surface area contributed by atoms with Gasteiger partial charge in [-0.2, -0.15) is 5.26 Å². The first-order valence-corrected chi connectivity index (χ1v) is 9.06. The van der Waals surface area contributed by atoms with Crippen LogP contribution < -0.4 is 10.2 Å². The molecule has 148 valence electrons. The van der Waals surface area contributed by atoms with Gasteiger partial charge in [0.2, 0.25) is 0 Å². The highest BCUT2D eigenvalue weighted by Gasteiger charge is 2.19. The van der Waals surface area contributed by atoms with Crippen molar-refractivity contribution in [1.82, 2.24) is 10.2 Å². The fraction of sp³-hybridized carbons (Fsp3) is 0.333. The van der Waals surface area contributed by atoms with Crippen LogP contribution in [0.15, 0.2) is 52.8 Å². The number of nitrogens with zero attached hydrogens (tertiary/aromatic N) is 3. The molecule has 2 aromatic rings. The zero-order chi connectivity index (χ0) is 19.2. The third-order valence-electron chi connectivity index (χ3n) is 4.91. The average molecular weight is 401 g/mol. The lowest BCUT2D eigenvalue weighted by Gasteiger charge is -2.36. The molecular formula is C21H25ClN4O2. The summed E-state index contributed by atoms with van der Waals surface area (Å²) in [6.45, 7) is 7.78. The van der Waals surface area contributed by atoms with Crippen LogP contribution in [0.25, 0.3) is 0 Å². The molecule has 1 amide bonds. The molecule has 3 rings (SSSR count). The number of carbonyl (C=O) groups excluding carboxylic acids is 1. The van der Waals surface area contributed by atoms with Gasteiger partial charge in [-0.15, -0.1) is 12.4 Å². The van der Waals surface area contributed by atoms with Crippen molar-refractivity contribution in [3.8, 4) is 6.07 Å². The summed E-state index contributed by atoms with van der Waals surface area (Å²) in [5.41, 5.74) is 3.96. The van der Waals surface area contributed by atoms with Crippen molar-refractivity contribution >= 4 is 24.0 Å². The molecule has 1 fully saturated rings. The molecule has 0 atom stereocenters. The molecule has 2 heterocycles.